The van der Waals surface area contributed by atoms with Gasteiger partial charge in [0.1, 0.15) is 23.0 Å². The molecule has 170 valence electrons. The van der Waals surface area contributed by atoms with Crippen molar-refractivity contribution in [1.82, 2.24) is 5.32 Å². The first-order valence-electron chi connectivity index (χ1n) is 11.5. The number of phenols is 2. The van der Waals surface area contributed by atoms with E-state index in [1.165, 1.54) is 25.3 Å². The van der Waals surface area contributed by atoms with Gasteiger partial charge in [0.25, 0.3) is 5.91 Å². The second-order valence-electron chi connectivity index (χ2n) is 9.94. The molecule has 0 saturated heterocycles. The van der Waals surface area contributed by atoms with Crippen molar-refractivity contribution in [2.75, 3.05) is 14.2 Å². The molecule has 3 N–H and O–H groups in total. The fraction of sp³-hybridized carbons (Fsp3) is 0.500. The minimum Gasteiger partial charge on any atom is -0.508 e. The van der Waals surface area contributed by atoms with E-state index in [-0.39, 0.29) is 34.9 Å². The molecule has 32 heavy (non-hydrogen) atoms. The van der Waals surface area contributed by atoms with Gasteiger partial charge in [-0.2, -0.15) is 0 Å². The van der Waals surface area contributed by atoms with Crippen LogP contribution in [-0.4, -0.2) is 30.3 Å². The second-order valence-corrected chi connectivity index (χ2v) is 9.94. The van der Waals surface area contributed by atoms with Gasteiger partial charge >= 0.3 is 0 Å². The second kappa shape index (κ2) is 7.91. The molecule has 6 nitrogen and oxygen atoms in total. The van der Waals surface area contributed by atoms with Crippen LogP contribution < -0.4 is 14.8 Å². The van der Waals surface area contributed by atoms with Crippen molar-refractivity contribution in [3.8, 4) is 23.0 Å². The van der Waals surface area contributed by atoms with Crippen LogP contribution in [-0.2, 0) is 12.0 Å². The highest BCUT2D eigenvalue weighted by molar-refractivity contribution is 5.97. The minimum atomic E-state index is -0.377. The summed E-state index contributed by atoms with van der Waals surface area (Å²) in [7, 11) is 3.17. The third-order valence-electron chi connectivity index (χ3n) is 7.90. The molecular weight excluding hydrogens is 406 g/mol. The van der Waals surface area contributed by atoms with E-state index in [2.05, 4.69) is 5.32 Å². The Morgan fingerprint density at radius 3 is 2.22 bits per heavy atom. The minimum absolute atomic E-state index is 0.0718. The van der Waals surface area contributed by atoms with Crippen molar-refractivity contribution in [3.63, 3.8) is 0 Å². The van der Waals surface area contributed by atoms with Crippen molar-refractivity contribution in [1.29, 1.82) is 0 Å². The van der Waals surface area contributed by atoms with Gasteiger partial charge in [0, 0.05) is 23.7 Å². The number of hydrogen-bond acceptors (Lipinski definition) is 5. The number of rotatable bonds is 6. The van der Waals surface area contributed by atoms with E-state index in [4.69, 9.17) is 9.47 Å². The lowest BCUT2D eigenvalue weighted by atomic mass is 9.48. The van der Waals surface area contributed by atoms with Crippen LogP contribution in [0.2, 0.25) is 0 Å². The highest BCUT2D eigenvalue weighted by atomic mass is 16.5. The van der Waals surface area contributed by atoms with Crippen LogP contribution in [0.3, 0.4) is 0 Å². The molecule has 4 saturated carbocycles. The van der Waals surface area contributed by atoms with E-state index < -0.39 is 0 Å². The average molecular weight is 438 g/mol. The summed E-state index contributed by atoms with van der Waals surface area (Å²) < 4.78 is 10.7. The predicted octanol–water partition coefficient (Wildman–Crippen LogP) is 4.51. The highest BCUT2D eigenvalue weighted by Gasteiger charge is 2.52. The molecule has 1 amide bonds. The Balaban J connectivity index is 1.41. The van der Waals surface area contributed by atoms with E-state index in [0.29, 0.717) is 29.3 Å². The zero-order chi connectivity index (χ0) is 22.5. The topological polar surface area (TPSA) is 88.0 Å². The molecule has 0 radical (unpaired) electrons. The molecule has 2 aromatic rings. The fourth-order valence-corrected chi connectivity index (χ4v) is 6.92. The van der Waals surface area contributed by atoms with Gasteiger partial charge in [-0.3, -0.25) is 4.79 Å². The largest absolute Gasteiger partial charge is 0.508 e. The summed E-state index contributed by atoms with van der Waals surface area (Å²) in [5.41, 5.74) is 1.74. The molecule has 2 aromatic carbocycles. The molecule has 4 bridgehead atoms. The van der Waals surface area contributed by atoms with Crippen LogP contribution in [0.4, 0.5) is 0 Å². The molecule has 0 aliphatic heterocycles. The van der Waals surface area contributed by atoms with Crippen LogP contribution in [0.5, 0.6) is 23.0 Å². The van der Waals surface area contributed by atoms with Crippen molar-refractivity contribution in [3.05, 3.63) is 47.0 Å². The van der Waals surface area contributed by atoms with Crippen molar-refractivity contribution < 1.29 is 24.5 Å². The Bertz CT molecular complexity index is 1010. The number of carbonyl (C=O) groups is 1. The van der Waals surface area contributed by atoms with Gasteiger partial charge in [0.2, 0.25) is 0 Å². The van der Waals surface area contributed by atoms with Gasteiger partial charge in [0.05, 0.1) is 19.8 Å². The van der Waals surface area contributed by atoms with E-state index in [9.17, 15) is 15.0 Å². The molecule has 0 aromatic heterocycles. The summed E-state index contributed by atoms with van der Waals surface area (Å²) in [6, 6.07) is 8.48. The Hall–Kier alpha value is -2.89. The highest BCUT2D eigenvalue weighted by Crippen LogP contribution is 2.62. The van der Waals surface area contributed by atoms with Gasteiger partial charge in [-0.1, -0.05) is 0 Å². The Morgan fingerprint density at radius 1 is 0.969 bits per heavy atom. The lowest BCUT2D eigenvalue weighted by Crippen LogP contribution is -2.48. The standard InChI is InChI=1S/C26H31NO5/c1-31-19-3-4-24(32-2)18(8-19)14-27-25(30)20-9-21(23(29)10-22(20)28)26-11-15-5-16(12-26)7-17(6-15)13-26/h3-4,8-10,15-17,28-29H,5-7,11-14H2,1-2H3,(H,27,30). The molecule has 0 heterocycles. The van der Waals surface area contributed by atoms with Gasteiger partial charge in [-0.05, 0) is 86.0 Å². The number of phenolic OH excluding ortho intramolecular Hbond substituents is 2. The van der Waals surface area contributed by atoms with Gasteiger partial charge in [0.15, 0.2) is 0 Å². The van der Waals surface area contributed by atoms with Crippen LogP contribution in [0.1, 0.15) is 60.0 Å². The number of hydrogen-bond donors (Lipinski definition) is 3. The number of nitrogens with one attached hydrogen (secondary N) is 1. The number of carbonyl (C=O) groups excluding carboxylic acids is 1. The summed E-state index contributed by atoms with van der Waals surface area (Å²) in [6.45, 7) is 0.228. The molecule has 0 spiro atoms. The van der Waals surface area contributed by atoms with Gasteiger partial charge in [-0.15, -0.1) is 0 Å². The van der Waals surface area contributed by atoms with Crippen LogP contribution >= 0.6 is 0 Å². The fourth-order valence-electron chi connectivity index (χ4n) is 6.92. The average Bonchev–Trinajstić information content (AvgIpc) is 2.76. The molecule has 4 aliphatic carbocycles. The summed E-state index contributed by atoms with van der Waals surface area (Å²) >= 11 is 0. The van der Waals surface area contributed by atoms with Crippen LogP contribution in [0.15, 0.2) is 30.3 Å². The van der Waals surface area contributed by atoms with Gasteiger partial charge in [-0.25, -0.2) is 0 Å². The van der Waals surface area contributed by atoms with Crippen molar-refractivity contribution in [2.45, 2.75) is 50.5 Å². The number of benzene rings is 2. The zero-order valence-corrected chi connectivity index (χ0v) is 18.7. The Kier molecular flexibility index (Phi) is 5.19. The van der Waals surface area contributed by atoms with Crippen molar-refractivity contribution in [2.24, 2.45) is 17.8 Å². The molecular formula is C26H31NO5. The quantitative estimate of drug-likeness (QED) is 0.619. The normalized spacial score (nSPS) is 27.9. The summed E-state index contributed by atoms with van der Waals surface area (Å²) in [5.74, 6) is 2.99. The number of aromatic hydroxyl groups is 2. The third-order valence-corrected chi connectivity index (χ3v) is 7.90. The third kappa shape index (κ3) is 3.55. The summed E-state index contributed by atoms with van der Waals surface area (Å²) in [5, 5.41) is 24.1. The maximum atomic E-state index is 13.1. The molecule has 4 fully saturated rings. The van der Waals surface area contributed by atoms with Crippen LogP contribution in [0.25, 0.3) is 0 Å². The predicted molar refractivity (Wildman–Crippen MR) is 120 cm³/mol. The van der Waals surface area contributed by atoms with Gasteiger partial charge < -0.3 is 25.0 Å². The smallest absolute Gasteiger partial charge is 0.255 e. The SMILES string of the molecule is COc1ccc(OC)c(CNC(=O)c2cc(C34CC5CC(CC(C5)C3)C4)c(O)cc2O)c1. The molecule has 6 heteroatoms. The molecule has 0 atom stereocenters. The van der Waals surface area contributed by atoms with E-state index in [0.717, 1.165) is 30.4 Å². The number of methoxy groups -OCH3 is 2. The maximum Gasteiger partial charge on any atom is 0.255 e. The lowest BCUT2D eigenvalue weighted by molar-refractivity contribution is -0.00617. The molecule has 6 rings (SSSR count). The van der Waals surface area contributed by atoms with E-state index in [1.54, 1.807) is 32.4 Å². The van der Waals surface area contributed by atoms with Crippen LogP contribution in [0, 0.1) is 17.8 Å². The molecule has 4 aliphatic rings. The first kappa shape index (κ1) is 21.0. The maximum absolute atomic E-state index is 13.1. The zero-order valence-electron chi connectivity index (χ0n) is 18.7. The first-order valence-corrected chi connectivity index (χ1v) is 11.5. The number of ether oxygens (including phenoxy) is 2. The van der Waals surface area contributed by atoms with Crippen molar-refractivity contribution >= 4 is 5.91 Å². The monoisotopic (exact) mass is 437 g/mol. The first-order chi connectivity index (χ1) is 15.4. The lowest BCUT2D eigenvalue weighted by Gasteiger charge is -2.57. The summed E-state index contributed by atoms with van der Waals surface area (Å²) in [4.78, 5) is 13.1. The molecule has 0 unspecified atom stereocenters. The van der Waals surface area contributed by atoms with E-state index in [1.807, 2.05) is 6.07 Å². The Labute approximate surface area is 188 Å². The number of amides is 1. The summed E-state index contributed by atoms with van der Waals surface area (Å²) in [6.07, 6.45) is 7.10. The Morgan fingerprint density at radius 2 is 1.62 bits per heavy atom. The van der Waals surface area contributed by atoms with E-state index >= 15 is 0 Å².